The van der Waals surface area contributed by atoms with Gasteiger partial charge in [-0.2, -0.15) is 0 Å². The molecule has 2 rings (SSSR count). The van der Waals surface area contributed by atoms with Crippen LogP contribution in [0.25, 0.3) is 0 Å². The van der Waals surface area contributed by atoms with Crippen molar-refractivity contribution >= 4 is 49.4 Å². The molecule has 0 atom stereocenters. The maximum Gasteiger partial charge on any atom is 0.251 e. The van der Waals surface area contributed by atoms with Crippen LogP contribution in [0.15, 0.2) is 50.3 Å². The van der Waals surface area contributed by atoms with E-state index in [2.05, 4.69) is 42.5 Å². The van der Waals surface area contributed by atoms with Gasteiger partial charge in [-0.05, 0) is 46.6 Å². The van der Waals surface area contributed by atoms with E-state index in [4.69, 9.17) is 0 Å². The molecule has 0 aliphatic rings. The first-order valence-corrected chi connectivity index (χ1v) is 9.12. The van der Waals surface area contributed by atoms with Crippen LogP contribution in [-0.2, 0) is 16.1 Å². The van der Waals surface area contributed by atoms with Crippen LogP contribution in [0.3, 0.4) is 0 Å². The van der Waals surface area contributed by atoms with Crippen molar-refractivity contribution in [3.05, 3.63) is 61.4 Å². The Morgan fingerprint density at radius 1 is 1.08 bits per heavy atom. The van der Waals surface area contributed by atoms with E-state index in [1.54, 1.807) is 12.3 Å². The van der Waals surface area contributed by atoms with Crippen molar-refractivity contribution in [2.24, 2.45) is 0 Å². The van der Waals surface area contributed by atoms with Crippen LogP contribution >= 0.6 is 31.9 Å². The van der Waals surface area contributed by atoms with Crippen LogP contribution in [0, 0.1) is 6.92 Å². The number of benzene rings is 1. The third-order valence-corrected chi connectivity index (χ3v) is 4.37. The van der Waals surface area contributed by atoms with Crippen molar-refractivity contribution in [1.29, 1.82) is 0 Å². The molecule has 8 heteroatoms. The molecule has 0 aliphatic carbocycles. The first-order chi connectivity index (χ1) is 11.8. The van der Waals surface area contributed by atoms with E-state index < -0.39 is 0 Å². The molecule has 0 aliphatic heterocycles. The Morgan fingerprint density at radius 3 is 2.56 bits per heavy atom. The molecule has 25 heavy (non-hydrogen) atoms. The van der Waals surface area contributed by atoms with Gasteiger partial charge in [-0.25, -0.2) is 0 Å². The molecule has 1 heterocycles. The Morgan fingerprint density at radius 2 is 1.80 bits per heavy atom. The minimum absolute atomic E-state index is 0.0926. The predicted octanol–water partition coefficient (Wildman–Crippen LogP) is 2.83. The fourth-order valence-electron chi connectivity index (χ4n) is 2.09. The zero-order valence-corrected chi connectivity index (χ0v) is 16.7. The summed E-state index contributed by atoms with van der Waals surface area (Å²) >= 11 is 6.61. The van der Waals surface area contributed by atoms with Crippen molar-refractivity contribution in [1.82, 2.24) is 9.88 Å². The number of nitrogens with one attached hydrogen (secondary N) is 2. The number of carbonyl (C=O) groups excluding carboxylic acids is 2. The number of hydrogen-bond acceptors (Lipinski definition) is 3. The first-order valence-electron chi connectivity index (χ1n) is 7.54. The van der Waals surface area contributed by atoms with E-state index in [1.165, 1.54) is 10.6 Å². The fourth-order valence-corrected chi connectivity index (χ4v) is 2.83. The summed E-state index contributed by atoms with van der Waals surface area (Å²) in [6, 6.07) is 8.62. The maximum atomic E-state index is 12.0. The van der Waals surface area contributed by atoms with Gasteiger partial charge in [-0.15, -0.1) is 0 Å². The van der Waals surface area contributed by atoms with Crippen molar-refractivity contribution in [3.8, 4) is 0 Å². The quantitative estimate of drug-likeness (QED) is 0.681. The van der Waals surface area contributed by atoms with Crippen molar-refractivity contribution in [3.63, 3.8) is 0 Å². The second kappa shape index (κ2) is 8.96. The third kappa shape index (κ3) is 6.13. The van der Waals surface area contributed by atoms with Gasteiger partial charge in [0.25, 0.3) is 5.56 Å². The summed E-state index contributed by atoms with van der Waals surface area (Å²) in [7, 11) is 0. The number of carbonyl (C=O) groups is 2. The number of pyridine rings is 1. The molecule has 0 fully saturated rings. The van der Waals surface area contributed by atoms with Crippen LogP contribution in [0.5, 0.6) is 0 Å². The third-order valence-electron chi connectivity index (χ3n) is 3.41. The molecule has 0 unspecified atom stereocenters. The summed E-state index contributed by atoms with van der Waals surface area (Å²) in [6.45, 7) is 2.00. The van der Waals surface area contributed by atoms with Crippen molar-refractivity contribution in [2.75, 3.05) is 11.9 Å². The SMILES string of the molecule is Cc1ccc(Br)cc1NC(=O)CCNC(=O)Cn1cc(Br)ccc1=O. The van der Waals surface area contributed by atoms with Gasteiger partial charge in [0.05, 0.1) is 0 Å². The Hall–Kier alpha value is -1.93. The summed E-state index contributed by atoms with van der Waals surface area (Å²) in [5.74, 6) is -0.521. The van der Waals surface area contributed by atoms with E-state index in [0.29, 0.717) is 4.47 Å². The number of anilines is 1. The molecular weight excluding hydrogens is 454 g/mol. The van der Waals surface area contributed by atoms with Crippen LogP contribution in [-0.4, -0.2) is 22.9 Å². The average molecular weight is 471 g/mol. The molecule has 0 spiro atoms. The number of amides is 2. The number of rotatable bonds is 6. The van der Waals surface area contributed by atoms with Gasteiger partial charge in [0.1, 0.15) is 6.54 Å². The van der Waals surface area contributed by atoms with Crippen LogP contribution in [0.2, 0.25) is 0 Å². The molecule has 2 aromatic rings. The first kappa shape index (κ1) is 19.4. The Bertz CT molecular complexity index is 849. The topological polar surface area (TPSA) is 80.2 Å². The zero-order valence-electron chi connectivity index (χ0n) is 13.5. The summed E-state index contributed by atoms with van der Waals surface area (Å²) in [4.78, 5) is 35.5. The Labute approximate surface area is 161 Å². The van der Waals surface area contributed by atoms with E-state index in [0.717, 1.165) is 15.7 Å². The van der Waals surface area contributed by atoms with Gasteiger partial charge >= 0.3 is 0 Å². The normalized spacial score (nSPS) is 10.4. The zero-order chi connectivity index (χ0) is 18.4. The Balaban J connectivity index is 1.80. The lowest BCUT2D eigenvalue weighted by Crippen LogP contribution is -2.33. The molecule has 1 aromatic carbocycles. The monoisotopic (exact) mass is 469 g/mol. The van der Waals surface area contributed by atoms with E-state index in [9.17, 15) is 14.4 Å². The highest BCUT2D eigenvalue weighted by atomic mass is 79.9. The number of aromatic nitrogens is 1. The highest BCUT2D eigenvalue weighted by Gasteiger charge is 2.08. The van der Waals surface area contributed by atoms with Crippen molar-refractivity contribution < 1.29 is 9.59 Å². The summed E-state index contributed by atoms with van der Waals surface area (Å²) in [5, 5.41) is 5.45. The highest BCUT2D eigenvalue weighted by Crippen LogP contribution is 2.20. The predicted molar refractivity (Wildman–Crippen MR) is 104 cm³/mol. The van der Waals surface area contributed by atoms with Crippen LogP contribution in [0.4, 0.5) is 5.69 Å². The highest BCUT2D eigenvalue weighted by molar-refractivity contribution is 9.10. The largest absolute Gasteiger partial charge is 0.354 e. The lowest BCUT2D eigenvalue weighted by atomic mass is 10.2. The molecule has 2 amide bonds. The minimum Gasteiger partial charge on any atom is -0.354 e. The minimum atomic E-state index is -0.327. The molecule has 1 aromatic heterocycles. The lowest BCUT2D eigenvalue weighted by Gasteiger charge is -2.10. The number of aryl methyl sites for hydroxylation is 1. The van der Waals surface area contributed by atoms with Crippen LogP contribution < -0.4 is 16.2 Å². The summed E-state index contributed by atoms with van der Waals surface area (Å²) in [6.07, 6.45) is 1.69. The second-order valence-electron chi connectivity index (χ2n) is 5.42. The van der Waals surface area contributed by atoms with E-state index in [-0.39, 0.29) is 36.9 Å². The number of hydrogen-bond donors (Lipinski definition) is 2. The Kier molecular flexibility index (Phi) is 6.95. The smallest absolute Gasteiger partial charge is 0.251 e. The number of halogens is 2. The molecule has 132 valence electrons. The molecule has 0 bridgehead atoms. The second-order valence-corrected chi connectivity index (χ2v) is 7.25. The summed E-state index contributed by atoms with van der Waals surface area (Å²) < 4.78 is 2.88. The standard InChI is InChI=1S/C17H17Br2N3O3/c1-11-2-3-12(18)8-14(11)21-15(23)6-7-20-16(24)10-22-9-13(19)4-5-17(22)25/h2-5,8-9H,6-7,10H2,1H3,(H,20,24)(H,21,23). The molecule has 0 saturated carbocycles. The van der Waals surface area contributed by atoms with Crippen LogP contribution in [0.1, 0.15) is 12.0 Å². The summed E-state index contributed by atoms with van der Waals surface area (Å²) in [5.41, 5.74) is 1.42. The van der Waals surface area contributed by atoms with Gasteiger partial charge in [0, 0.05) is 39.9 Å². The molecule has 0 radical (unpaired) electrons. The molecule has 2 N–H and O–H groups in total. The molecular formula is C17H17Br2N3O3. The average Bonchev–Trinajstić information content (AvgIpc) is 2.54. The van der Waals surface area contributed by atoms with Gasteiger partial charge in [0.15, 0.2) is 0 Å². The van der Waals surface area contributed by atoms with E-state index >= 15 is 0 Å². The maximum absolute atomic E-state index is 12.0. The van der Waals surface area contributed by atoms with Crippen molar-refractivity contribution in [2.45, 2.75) is 19.9 Å². The van der Waals surface area contributed by atoms with Gasteiger partial charge in [-0.3, -0.25) is 14.4 Å². The van der Waals surface area contributed by atoms with Gasteiger partial charge in [-0.1, -0.05) is 22.0 Å². The number of nitrogens with zero attached hydrogens (tertiary/aromatic N) is 1. The van der Waals surface area contributed by atoms with Gasteiger partial charge in [0.2, 0.25) is 11.8 Å². The van der Waals surface area contributed by atoms with Gasteiger partial charge < -0.3 is 15.2 Å². The molecule has 0 saturated heterocycles. The van der Waals surface area contributed by atoms with E-state index in [1.807, 2.05) is 25.1 Å². The fraction of sp³-hybridized carbons (Fsp3) is 0.235. The molecule has 6 nitrogen and oxygen atoms in total. The lowest BCUT2D eigenvalue weighted by molar-refractivity contribution is -0.121.